The van der Waals surface area contributed by atoms with Gasteiger partial charge in [-0.2, -0.15) is 9.78 Å². The van der Waals surface area contributed by atoms with E-state index in [9.17, 15) is 14.4 Å². The van der Waals surface area contributed by atoms with E-state index in [1.807, 2.05) is 19.9 Å². The van der Waals surface area contributed by atoms with E-state index in [0.29, 0.717) is 24.6 Å². The SMILES string of the molecule is CCCn1c(=O)c(C(=O)NCC2CC2)nn(-c2cccc(C)c2)c1=O. The summed E-state index contributed by atoms with van der Waals surface area (Å²) < 4.78 is 2.22. The molecule has 1 aliphatic carbocycles. The average molecular weight is 342 g/mol. The van der Waals surface area contributed by atoms with Crippen molar-refractivity contribution in [3.8, 4) is 5.69 Å². The Balaban J connectivity index is 2.09. The third-order valence-corrected chi connectivity index (χ3v) is 4.22. The van der Waals surface area contributed by atoms with Gasteiger partial charge in [0.25, 0.3) is 11.5 Å². The summed E-state index contributed by atoms with van der Waals surface area (Å²) >= 11 is 0. The first-order valence-electron chi connectivity index (χ1n) is 8.60. The Morgan fingerprint density at radius 1 is 1.32 bits per heavy atom. The van der Waals surface area contributed by atoms with Crippen molar-refractivity contribution in [2.75, 3.05) is 6.54 Å². The van der Waals surface area contributed by atoms with Gasteiger partial charge in [0.1, 0.15) is 0 Å². The topological polar surface area (TPSA) is 86.0 Å². The van der Waals surface area contributed by atoms with Gasteiger partial charge in [0.05, 0.1) is 5.69 Å². The highest BCUT2D eigenvalue weighted by atomic mass is 16.2. The van der Waals surface area contributed by atoms with Crippen LogP contribution in [-0.2, 0) is 6.54 Å². The summed E-state index contributed by atoms with van der Waals surface area (Å²) in [5.41, 5.74) is 0.0840. The number of aromatic nitrogens is 3. The van der Waals surface area contributed by atoms with Gasteiger partial charge in [-0.1, -0.05) is 19.1 Å². The molecule has 132 valence electrons. The van der Waals surface area contributed by atoms with E-state index in [0.717, 1.165) is 27.7 Å². The first-order valence-corrected chi connectivity index (χ1v) is 8.60. The molecule has 7 heteroatoms. The molecule has 0 bridgehead atoms. The Morgan fingerprint density at radius 3 is 2.72 bits per heavy atom. The van der Waals surface area contributed by atoms with Crippen molar-refractivity contribution < 1.29 is 4.79 Å². The number of benzene rings is 1. The van der Waals surface area contributed by atoms with Crippen LogP contribution in [0.4, 0.5) is 0 Å². The zero-order valence-electron chi connectivity index (χ0n) is 14.5. The maximum atomic E-state index is 12.7. The van der Waals surface area contributed by atoms with Gasteiger partial charge in [0.2, 0.25) is 5.69 Å². The maximum Gasteiger partial charge on any atom is 0.352 e. The second-order valence-electron chi connectivity index (χ2n) is 6.49. The second kappa shape index (κ2) is 7.04. The van der Waals surface area contributed by atoms with Crippen LogP contribution in [0.1, 0.15) is 42.2 Å². The van der Waals surface area contributed by atoms with Crippen LogP contribution in [0, 0.1) is 12.8 Å². The molecule has 0 aliphatic heterocycles. The molecule has 1 saturated carbocycles. The molecular weight excluding hydrogens is 320 g/mol. The molecule has 0 unspecified atom stereocenters. The first-order chi connectivity index (χ1) is 12.0. The fourth-order valence-corrected chi connectivity index (χ4v) is 2.65. The lowest BCUT2D eigenvalue weighted by atomic mass is 10.2. The maximum absolute atomic E-state index is 12.7. The lowest BCUT2D eigenvalue weighted by Crippen LogP contribution is -2.46. The van der Waals surface area contributed by atoms with Crippen molar-refractivity contribution >= 4 is 5.91 Å². The van der Waals surface area contributed by atoms with E-state index in [1.54, 1.807) is 18.2 Å². The van der Waals surface area contributed by atoms with Crippen LogP contribution in [0.5, 0.6) is 0 Å². The van der Waals surface area contributed by atoms with Gasteiger partial charge < -0.3 is 5.32 Å². The summed E-state index contributed by atoms with van der Waals surface area (Å²) in [6.45, 7) is 4.56. The molecule has 2 aromatic rings. The molecule has 1 fully saturated rings. The van der Waals surface area contributed by atoms with Crippen LogP contribution < -0.4 is 16.6 Å². The summed E-state index contributed by atoms with van der Waals surface area (Å²) in [6.07, 6.45) is 2.79. The first kappa shape index (κ1) is 17.1. The summed E-state index contributed by atoms with van der Waals surface area (Å²) in [6, 6.07) is 7.23. The molecule has 1 N–H and O–H groups in total. The highest BCUT2D eigenvalue weighted by Crippen LogP contribution is 2.27. The summed E-state index contributed by atoms with van der Waals surface area (Å²) in [5.74, 6) is -0.0346. The van der Waals surface area contributed by atoms with Gasteiger partial charge in [-0.3, -0.25) is 14.2 Å². The van der Waals surface area contributed by atoms with Crippen LogP contribution in [0.15, 0.2) is 33.9 Å². The Kier molecular flexibility index (Phi) is 4.83. The molecule has 0 atom stereocenters. The molecule has 1 amide bonds. The molecule has 1 heterocycles. The largest absolute Gasteiger partial charge is 0.352 e. The number of aryl methyl sites for hydroxylation is 1. The van der Waals surface area contributed by atoms with Crippen LogP contribution in [0.25, 0.3) is 5.69 Å². The van der Waals surface area contributed by atoms with Crippen LogP contribution in [0.2, 0.25) is 0 Å². The van der Waals surface area contributed by atoms with E-state index < -0.39 is 17.2 Å². The standard InChI is InChI=1S/C18H22N4O3/c1-3-9-21-17(24)15(16(23)19-11-13-7-8-13)20-22(18(21)25)14-6-4-5-12(2)10-14/h4-6,10,13H,3,7-9,11H2,1-2H3,(H,19,23). The summed E-state index contributed by atoms with van der Waals surface area (Å²) in [4.78, 5) is 37.6. The van der Waals surface area contributed by atoms with E-state index in [1.165, 1.54) is 0 Å². The molecular formula is C18H22N4O3. The lowest BCUT2D eigenvalue weighted by molar-refractivity contribution is 0.0942. The Bertz CT molecular complexity index is 909. The highest BCUT2D eigenvalue weighted by molar-refractivity contribution is 5.91. The van der Waals surface area contributed by atoms with Gasteiger partial charge in [-0.15, -0.1) is 0 Å². The molecule has 1 aromatic heterocycles. The smallest absolute Gasteiger partial charge is 0.350 e. The summed E-state index contributed by atoms with van der Waals surface area (Å²) in [5, 5.41) is 6.83. The average Bonchev–Trinajstić information content (AvgIpc) is 3.41. The zero-order valence-corrected chi connectivity index (χ0v) is 14.5. The van der Waals surface area contributed by atoms with Gasteiger partial charge in [-0.25, -0.2) is 4.79 Å². The van der Waals surface area contributed by atoms with Crippen LogP contribution in [-0.4, -0.2) is 26.8 Å². The van der Waals surface area contributed by atoms with Crippen LogP contribution >= 0.6 is 0 Å². The number of carbonyl (C=O) groups is 1. The van der Waals surface area contributed by atoms with Crippen molar-refractivity contribution in [2.45, 2.75) is 39.7 Å². The number of rotatable bonds is 6. The van der Waals surface area contributed by atoms with Crippen LogP contribution in [0.3, 0.4) is 0 Å². The molecule has 0 spiro atoms. The van der Waals surface area contributed by atoms with Crippen molar-refractivity contribution in [3.63, 3.8) is 0 Å². The number of amides is 1. The van der Waals surface area contributed by atoms with E-state index >= 15 is 0 Å². The monoisotopic (exact) mass is 342 g/mol. The fraction of sp³-hybridized carbons (Fsp3) is 0.444. The minimum Gasteiger partial charge on any atom is -0.350 e. The molecule has 1 aliphatic rings. The normalized spacial score (nSPS) is 13.7. The second-order valence-corrected chi connectivity index (χ2v) is 6.49. The third kappa shape index (κ3) is 3.70. The number of carbonyl (C=O) groups excluding carboxylic acids is 1. The van der Waals surface area contributed by atoms with E-state index in [4.69, 9.17) is 0 Å². The molecule has 3 rings (SSSR count). The van der Waals surface area contributed by atoms with E-state index in [-0.39, 0.29) is 12.2 Å². The van der Waals surface area contributed by atoms with Crippen molar-refractivity contribution in [1.29, 1.82) is 0 Å². The lowest BCUT2D eigenvalue weighted by Gasteiger charge is -2.12. The molecule has 0 radical (unpaired) electrons. The van der Waals surface area contributed by atoms with Gasteiger partial charge in [-0.05, 0) is 49.8 Å². The Hall–Kier alpha value is -2.70. The number of hydrogen-bond donors (Lipinski definition) is 1. The minimum atomic E-state index is -0.635. The quantitative estimate of drug-likeness (QED) is 0.856. The predicted octanol–water partition coefficient (Wildman–Crippen LogP) is 1.25. The molecule has 7 nitrogen and oxygen atoms in total. The number of nitrogens with one attached hydrogen (secondary N) is 1. The highest BCUT2D eigenvalue weighted by Gasteiger charge is 2.24. The van der Waals surface area contributed by atoms with Gasteiger partial charge >= 0.3 is 5.69 Å². The molecule has 0 saturated heterocycles. The van der Waals surface area contributed by atoms with E-state index in [2.05, 4.69) is 10.4 Å². The molecule has 25 heavy (non-hydrogen) atoms. The number of hydrogen-bond acceptors (Lipinski definition) is 4. The fourth-order valence-electron chi connectivity index (χ4n) is 2.65. The number of nitrogens with zero attached hydrogens (tertiary/aromatic N) is 3. The summed E-state index contributed by atoms with van der Waals surface area (Å²) in [7, 11) is 0. The van der Waals surface area contributed by atoms with Gasteiger partial charge in [0, 0.05) is 13.1 Å². The Morgan fingerprint density at radius 2 is 2.08 bits per heavy atom. The van der Waals surface area contributed by atoms with Crippen molar-refractivity contribution in [2.24, 2.45) is 5.92 Å². The third-order valence-electron chi connectivity index (χ3n) is 4.22. The Labute approximate surface area is 145 Å². The van der Waals surface area contributed by atoms with Crippen molar-refractivity contribution in [3.05, 3.63) is 56.4 Å². The molecule has 1 aromatic carbocycles. The zero-order chi connectivity index (χ0) is 18.0. The predicted molar refractivity (Wildman–Crippen MR) is 94.2 cm³/mol. The minimum absolute atomic E-state index is 0.241. The van der Waals surface area contributed by atoms with Gasteiger partial charge in [0.15, 0.2) is 0 Å². The van der Waals surface area contributed by atoms with Crippen molar-refractivity contribution in [1.82, 2.24) is 19.7 Å².